The molecule has 0 spiro atoms. The number of benzene rings is 2. The Balaban J connectivity index is 1.57. The molecule has 0 amide bonds. The molecule has 12 nitrogen and oxygen atoms in total. The SMILES string of the molecule is CC1=CC(=O)c2c(O)c3c(c(O)c2C1=O)C1C(O)C(C3=O)C2C(=O)C3=C(C(=O)c4c(O)c(C)cc(O)c4C3=O)C1C2O. The van der Waals surface area contributed by atoms with Crippen LogP contribution in [0, 0.1) is 24.7 Å². The Morgan fingerprint density at radius 1 is 0.595 bits per heavy atom. The number of ketones is 6. The first-order valence-electron chi connectivity index (χ1n) is 12.9. The molecule has 0 saturated heterocycles. The third kappa shape index (κ3) is 2.69. The number of hydrogen-bond acceptors (Lipinski definition) is 12. The zero-order chi connectivity index (χ0) is 30.4. The Kier molecular flexibility index (Phi) is 4.87. The number of aromatic hydroxyl groups is 4. The molecule has 0 aromatic heterocycles. The summed E-state index contributed by atoms with van der Waals surface area (Å²) < 4.78 is 0. The van der Waals surface area contributed by atoms with Crippen LogP contribution in [-0.4, -0.2) is 77.5 Å². The van der Waals surface area contributed by atoms with Crippen molar-refractivity contribution in [2.45, 2.75) is 32.0 Å². The van der Waals surface area contributed by atoms with Gasteiger partial charge >= 0.3 is 0 Å². The fourth-order valence-corrected chi connectivity index (χ4v) is 7.57. The lowest BCUT2D eigenvalue weighted by molar-refractivity contribution is -0.138. The Hall–Kier alpha value is -4.94. The summed E-state index contributed by atoms with van der Waals surface area (Å²) >= 11 is 0. The smallest absolute Gasteiger partial charge is 0.201 e. The number of rotatable bonds is 0. The van der Waals surface area contributed by atoms with E-state index in [0.29, 0.717) is 0 Å². The molecule has 6 unspecified atom stereocenters. The van der Waals surface area contributed by atoms with Gasteiger partial charge in [-0.25, -0.2) is 0 Å². The Morgan fingerprint density at radius 2 is 1.19 bits per heavy atom. The number of carbonyl (C=O) groups is 6. The Bertz CT molecular complexity index is 1910. The molecule has 7 rings (SSSR count). The van der Waals surface area contributed by atoms with Crippen molar-refractivity contribution in [1.29, 1.82) is 0 Å². The standard InChI is InChI=1S/C30H20O12/c1-5-3-7(31)9-15(21(5)33)27(39)13-11-12-14-18(24(36)10-8(32)4-6(2)22(34)16(10)28(14)40)30(42)20(26(12)38)19(25(11)37)29(41)17(13)23(9)35/h3-4,11-12,19-20,25-26,31,33,36-38,40H,1-2H3. The van der Waals surface area contributed by atoms with Crippen LogP contribution in [0.25, 0.3) is 0 Å². The van der Waals surface area contributed by atoms with Gasteiger partial charge in [-0.2, -0.15) is 0 Å². The van der Waals surface area contributed by atoms with E-state index in [1.54, 1.807) is 0 Å². The molecule has 6 N–H and O–H groups in total. The van der Waals surface area contributed by atoms with E-state index in [9.17, 15) is 59.4 Å². The van der Waals surface area contributed by atoms with Gasteiger partial charge in [0.05, 0.1) is 57.4 Å². The van der Waals surface area contributed by atoms with Gasteiger partial charge in [-0.3, -0.25) is 28.8 Å². The monoisotopic (exact) mass is 572 g/mol. The number of carbonyl (C=O) groups excluding carboxylic acids is 6. The highest BCUT2D eigenvalue weighted by molar-refractivity contribution is 6.39. The van der Waals surface area contributed by atoms with Gasteiger partial charge in [0.15, 0.2) is 28.9 Å². The summed E-state index contributed by atoms with van der Waals surface area (Å²) in [6.45, 7) is 2.64. The van der Waals surface area contributed by atoms with Crippen LogP contribution in [0.3, 0.4) is 0 Å². The maximum atomic E-state index is 14.0. The van der Waals surface area contributed by atoms with Crippen molar-refractivity contribution in [2.24, 2.45) is 17.8 Å². The summed E-state index contributed by atoms with van der Waals surface area (Å²) in [7, 11) is 0. The number of aryl methyl sites for hydroxylation is 1. The second-order valence-electron chi connectivity index (χ2n) is 11.3. The molecular weight excluding hydrogens is 552 g/mol. The van der Waals surface area contributed by atoms with E-state index in [0.717, 1.165) is 12.1 Å². The highest BCUT2D eigenvalue weighted by atomic mass is 16.3. The van der Waals surface area contributed by atoms with Crippen molar-refractivity contribution in [2.75, 3.05) is 0 Å². The van der Waals surface area contributed by atoms with Crippen molar-refractivity contribution < 1.29 is 59.4 Å². The molecule has 4 bridgehead atoms. The third-order valence-electron chi connectivity index (χ3n) is 9.34. The van der Waals surface area contributed by atoms with Crippen LogP contribution < -0.4 is 0 Å². The average molecular weight is 572 g/mol. The average Bonchev–Trinajstić information content (AvgIpc) is 2.91. The number of fused-ring (bicyclic) bond motifs is 11. The van der Waals surface area contributed by atoms with Gasteiger partial charge in [-0.1, -0.05) is 0 Å². The first-order valence-corrected chi connectivity index (χ1v) is 12.9. The minimum atomic E-state index is -1.86. The van der Waals surface area contributed by atoms with Gasteiger partial charge in [0.2, 0.25) is 5.78 Å². The van der Waals surface area contributed by atoms with Crippen LogP contribution in [0.15, 0.2) is 28.9 Å². The molecule has 6 atom stereocenters. The Morgan fingerprint density at radius 3 is 1.86 bits per heavy atom. The molecule has 5 aliphatic carbocycles. The van der Waals surface area contributed by atoms with Crippen molar-refractivity contribution in [3.05, 3.63) is 67.8 Å². The molecule has 0 heterocycles. The largest absolute Gasteiger partial charge is 0.507 e. The second kappa shape index (κ2) is 7.87. The van der Waals surface area contributed by atoms with Crippen LogP contribution in [0.2, 0.25) is 0 Å². The molecule has 2 aromatic rings. The lowest BCUT2D eigenvalue weighted by atomic mass is 9.49. The van der Waals surface area contributed by atoms with Crippen molar-refractivity contribution in [3.63, 3.8) is 0 Å². The topological polar surface area (TPSA) is 224 Å². The molecule has 0 aliphatic heterocycles. The predicted molar refractivity (Wildman–Crippen MR) is 137 cm³/mol. The predicted octanol–water partition coefficient (Wildman–Crippen LogP) is 0.965. The summed E-state index contributed by atoms with van der Waals surface area (Å²) in [5, 5.41) is 66.8. The number of phenols is 4. The number of hydrogen-bond donors (Lipinski definition) is 6. The van der Waals surface area contributed by atoms with E-state index in [1.165, 1.54) is 13.8 Å². The Labute approximate surface area is 234 Å². The number of aliphatic hydroxyl groups excluding tert-OH is 2. The maximum absolute atomic E-state index is 14.0. The van der Waals surface area contributed by atoms with Gasteiger partial charge in [-0.15, -0.1) is 0 Å². The van der Waals surface area contributed by atoms with E-state index >= 15 is 0 Å². The molecule has 42 heavy (non-hydrogen) atoms. The highest BCUT2D eigenvalue weighted by Crippen LogP contribution is 2.61. The lowest BCUT2D eigenvalue weighted by Crippen LogP contribution is -2.63. The molecular formula is C30H20O12. The normalized spacial score (nSPS) is 29.2. The number of phenolic OH excluding ortho intramolecular Hbond substituents is 4. The van der Waals surface area contributed by atoms with Crippen LogP contribution in [0.4, 0.5) is 0 Å². The third-order valence-corrected chi connectivity index (χ3v) is 9.34. The van der Waals surface area contributed by atoms with Gasteiger partial charge in [0, 0.05) is 28.5 Å². The zero-order valence-corrected chi connectivity index (χ0v) is 21.8. The molecule has 0 radical (unpaired) electrons. The minimum Gasteiger partial charge on any atom is -0.507 e. The molecule has 5 aliphatic rings. The fraction of sp³-hybridized carbons (Fsp3) is 0.267. The van der Waals surface area contributed by atoms with Crippen LogP contribution in [0.5, 0.6) is 23.0 Å². The van der Waals surface area contributed by atoms with E-state index < -0.39 is 138 Å². The first kappa shape index (κ1) is 26.0. The summed E-state index contributed by atoms with van der Waals surface area (Å²) in [6.07, 6.45) is -2.78. The zero-order valence-electron chi connectivity index (χ0n) is 21.8. The number of Topliss-reactive ketones (excluding diaryl/α,β-unsaturated/α-hetero) is 5. The van der Waals surface area contributed by atoms with E-state index in [-0.39, 0.29) is 11.1 Å². The maximum Gasteiger partial charge on any atom is 0.201 e. The van der Waals surface area contributed by atoms with Gasteiger partial charge in [0.25, 0.3) is 0 Å². The van der Waals surface area contributed by atoms with Crippen LogP contribution >= 0.6 is 0 Å². The summed E-state index contributed by atoms with van der Waals surface area (Å²) in [5.41, 5.74) is -5.13. The van der Waals surface area contributed by atoms with Crippen molar-refractivity contribution in [3.8, 4) is 23.0 Å². The minimum absolute atomic E-state index is 0.0233. The van der Waals surface area contributed by atoms with Crippen LogP contribution in [0.1, 0.15) is 75.8 Å². The van der Waals surface area contributed by atoms with Gasteiger partial charge in [-0.05, 0) is 31.6 Å². The molecule has 12 heteroatoms. The van der Waals surface area contributed by atoms with E-state index in [2.05, 4.69) is 0 Å². The van der Waals surface area contributed by atoms with Gasteiger partial charge in [0.1, 0.15) is 23.0 Å². The fourth-order valence-electron chi connectivity index (χ4n) is 7.57. The van der Waals surface area contributed by atoms with Crippen LogP contribution in [-0.2, 0) is 4.79 Å². The van der Waals surface area contributed by atoms with Gasteiger partial charge < -0.3 is 30.6 Å². The summed E-state index contributed by atoms with van der Waals surface area (Å²) in [5.74, 6) is -16.3. The summed E-state index contributed by atoms with van der Waals surface area (Å²) in [4.78, 5) is 81.1. The highest BCUT2D eigenvalue weighted by Gasteiger charge is 2.66. The number of allylic oxidation sites excluding steroid dienone is 3. The molecule has 2 aromatic carbocycles. The molecule has 1 saturated carbocycles. The quantitative estimate of drug-likeness (QED) is 0.192. The molecule has 212 valence electrons. The van der Waals surface area contributed by atoms with E-state index in [1.807, 2.05) is 0 Å². The summed E-state index contributed by atoms with van der Waals surface area (Å²) in [6, 6.07) is 1.03. The van der Waals surface area contributed by atoms with Crippen molar-refractivity contribution in [1.82, 2.24) is 0 Å². The second-order valence-corrected chi connectivity index (χ2v) is 11.3. The molecule has 1 fully saturated rings. The first-order chi connectivity index (χ1) is 19.7. The number of aliphatic hydroxyl groups is 2. The lowest BCUT2D eigenvalue weighted by Gasteiger charge is -2.54. The van der Waals surface area contributed by atoms with Crippen molar-refractivity contribution >= 4 is 34.7 Å². The van der Waals surface area contributed by atoms with E-state index in [4.69, 9.17) is 0 Å².